The molecule has 0 bridgehead atoms. The van der Waals surface area contributed by atoms with Gasteiger partial charge in [0.25, 0.3) is 0 Å². The Labute approximate surface area is 147 Å². The molecule has 8 heteroatoms. The Morgan fingerprint density at radius 1 is 1.24 bits per heavy atom. The van der Waals surface area contributed by atoms with E-state index in [4.69, 9.17) is 0 Å². The number of hydrogen-bond donors (Lipinski definition) is 2. The van der Waals surface area contributed by atoms with Crippen LogP contribution in [0.3, 0.4) is 0 Å². The second-order valence-electron chi connectivity index (χ2n) is 6.10. The number of rotatable bonds is 6. The summed E-state index contributed by atoms with van der Waals surface area (Å²) < 4.78 is 0. The van der Waals surface area contributed by atoms with Crippen LogP contribution in [-0.2, 0) is 11.3 Å². The Balaban J connectivity index is 1.43. The molecule has 1 saturated heterocycles. The van der Waals surface area contributed by atoms with E-state index >= 15 is 0 Å². The zero-order chi connectivity index (χ0) is 17.5. The molecule has 0 radical (unpaired) electrons. The SMILES string of the molecule is CNc1nccc(N2CCC(CC(=O)NCc3cnccn3)CC2)n1. The van der Waals surface area contributed by atoms with Crippen molar-refractivity contribution in [2.24, 2.45) is 5.92 Å². The van der Waals surface area contributed by atoms with Crippen molar-refractivity contribution in [1.82, 2.24) is 25.3 Å². The van der Waals surface area contributed by atoms with Crippen molar-refractivity contribution >= 4 is 17.7 Å². The zero-order valence-corrected chi connectivity index (χ0v) is 14.4. The van der Waals surface area contributed by atoms with Crippen molar-refractivity contribution in [1.29, 1.82) is 0 Å². The summed E-state index contributed by atoms with van der Waals surface area (Å²) >= 11 is 0. The number of nitrogens with zero attached hydrogens (tertiary/aromatic N) is 5. The molecule has 1 amide bonds. The third-order valence-corrected chi connectivity index (χ3v) is 4.36. The summed E-state index contributed by atoms with van der Waals surface area (Å²) in [4.78, 5) is 31.1. The maximum atomic E-state index is 12.1. The zero-order valence-electron chi connectivity index (χ0n) is 14.4. The maximum absolute atomic E-state index is 12.1. The number of piperidine rings is 1. The van der Waals surface area contributed by atoms with E-state index in [1.165, 1.54) is 0 Å². The lowest BCUT2D eigenvalue weighted by Gasteiger charge is -2.32. The summed E-state index contributed by atoms with van der Waals surface area (Å²) in [6, 6.07) is 1.93. The molecule has 132 valence electrons. The molecule has 1 fully saturated rings. The largest absolute Gasteiger partial charge is 0.357 e. The molecule has 2 aromatic rings. The van der Waals surface area contributed by atoms with Crippen molar-refractivity contribution in [3.63, 3.8) is 0 Å². The Morgan fingerprint density at radius 2 is 2.08 bits per heavy atom. The highest BCUT2D eigenvalue weighted by atomic mass is 16.1. The van der Waals surface area contributed by atoms with Crippen LogP contribution in [0, 0.1) is 5.92 Å². The Bertz CT molecular complexity index is 686. The number of carbonyl (C=O) groups excluding carboxylic acids is 1. The standard InChI is InChI=1S/C17H23N7O/c1-18-17-21-5-2-15(23-17)24-8-3-13(4-9-24)10-16(25)22-12-14-11-19-6-7-20-14/h2,5-7,11,13H,3-4,8-10,12H2,1H3,(H,22,25)(H,18,21,23). The van der Waals surface area contributed by atoms with Crippen molar-refractivity contribution in [2.45, 2.75) is 25.8 Å². The molecule has 0 unspecified atom stereocenters. The lowest BCUT2D eigenvalue weighted by molar-refractivity contribution is -0.122. The number of nitrogens with one attached hydrogen (secondary N) is 2. The molecular weight excluding hydrogens is 318 g/mol. The second kappa shape index (κ2) is 8.36. The molecule has 1 aliphatic rings. The van der Waals surface area contributed by atoms with Gasteiger partial charge in [-0.3, -0.25) is 14.8 Å². The summed E-state index contributed by atoms with van der Waals surface area (Å²) in [5.41, 5.74) is 0.773. The summed E-state index contributed by atoms with van der Waals surface area (Å²) in [6.07, 6.45) is 9.20. The normalized spacial score (nSPS) is 15.0. The molecule has 1 aliphatic heterocycles. The van der Waals surface area contributed by atoms with Crippen molar-refractivity contribution in [3.05, 3.63) is 36.5 Å². The molecule has 0 saturated carbocycles. The molecule has 3 heterocycles. The molecule has 0 aliphatic carbocycles. The van der Waals surface area contributed by atoms with Gasteiger partial charge >= 0.3 is 0 Å². The van der Waals surface area contributed by atoms with Crippen LogP contribution in [0.15, 0.2) is 30.9 Å². The van der Waals surface area contributed by atoms with E-state index in [0.29, 0.717) is 24.8 Å². The lowest BCUT2D eigenvalue weighted by atomic mass is 9.93. The van der Waals surface area contributed by atoms with Crippen LogP contribution in [-0.4, -0.2) is 46.0 Å². The lowest BCUT2D eigenvalue weighted by Crippen LogP contribution is -2.36. The minimum Gasteiger partial charge on any atom is -0.357 e. The van der Waals surface area contributed by atoms with E-state index in [-0.39, 0.29) is 5.91 Å². The molecule has 0 spiro atoms. The van der Waals surface area contributed by atoms with Gasteiger partial charge in [0.15, 0.2) is 0 Å². The first kappa shape index (κ1) is 17.1. The van der Waals surface area contributed by atoms with Crippen LogP contribution in [0.25, 0.3) is 0 Å². The van der Waals surface area contributed by atoms with Gasteiger partial charge in [-0.25, -0.2) is 4.98 Å². The highest BCUT2D eigenvalue weighted by Crippen LogP contribution is 2.24. The molecule has 3 rings (SSSR count). The second-order valence-corrected chi connectivity index (χ2v) is 6.10. The van der Waals surface area contributed by atoms with E-state index in [1.807, 2.05) is 13.1 Å². The molecular formula is C17H23N7O. The number of anilines is 2. The minimum atomic E-state index is 0.0728. The fraction of sp³-hybridized carbons (Fsp3) is 0.471. The topological polar surface area (TPSA) is 95.9 Å². The number of carbonyl (C=O) groups is 1. The predicted octanol–water partition coefficient (Wildman–Crippen LogP) is 1.23. The van der Waals surface area contributed by atoms with Gasteiger partial charge in [0.05, 0.1) is 18.4 Å². The first-order chi connectivity index (χ1) is 12.2. The van der Waals surface area contributed by atoms with E-state index in [0.717, 1.165) is 37.4 Å². The summed E-state index contributed by atoms with van der Waals surface area (Å²) in [5, 5.41) is 5.88. The quantitative estimate of drug-likeness (QED) is 0.816. The van der Waals surface area contributed by atoms with E-state index in [9.17, 15) is 4.79 Å². The Morgan fingerprint density at radius 3 is 2.80 bits per heavy atom. The number of amides is 1. The molecule has 2 N–H and O–H groups in total. The first-order valence-corrected chi connectivity index (χ1v) is 8.52. The van der Waals surface area contributed by atoms with E-state index in [2.05, 4.69) is 35.5 Å². The fourth-order valence-electron chi connectivity index (χ4n) is 2.96. The van der Waals surface area contributed by atoms with E-state index in [1.54, 1.807) is 24.8 Å². The smallest absolute Gasteiger partial charge is 0.224 e. The van der Waals surface area contributed by atoms with Gasteiger partial charge < -0.3 is 15.5 Å². The molecule has 0 atom stereocenters. The number of aromatic nitrogens is 4. The highest BCUT2D eigenvalue weighted by molar-refractivity contribution is 5.76. The van der Waals surface area contributed by atoms with Gasteiger partial charge in [0, 0.05) is 45.1 Å². The van der Waals surface area contributed by atoms with Gasteiger partial charge in [0.1, 0.15) is 5.82 Å². The van der Waals surface area contributed by atoms with Crippen LogP contribution < -0.4 is 15.5 Å². The van der Waals surface area contributed by atoms with Gasteiger partial charge in [0.2, 0.25) is 11.9 Å². The fourth-order valence-corrected chi connectivity index (χ4v) is 2.96. The average Bonchev–Trinajstić information content (AvgIpc) is 2.68. The van der Waals surface area contributed by atoms with Gasteiger partial charge in [-0.15, -0.1) is 0 Å². The maximum Gasteiger partial charge on any atom is 0.224 e. The third-order valence-electron chi connectivity index (χ3n) is 4.36. The van der Waals surface area contributed by atoms with Crippen LogP contribution in [0.5, 0.6) is 0 Å². The minimum absolute atomic E-state index is 0.0728. The Hall–Kier alpha value is -2.77. The summed E-state index contributed by atoms with van der Waals surface area (Å²) in [5.74, 6) is 2.04. The molecule has 2 aromatic heterocycles. The monoisotopic (exact) mass is 341 g/mol. The van der Waals surface area contributed by atoms with E-state index < -0.39 is 0 Å². The summed E-state index contributed by atoms with van der Waals surface area (Å²) in [7, 11) is 1.81. The highest BCUT2D eigenvalue weighted by Gasteiger charge is 2.22. The van der Waals surface area contributed by atoms with Gasteiger partial charge in [-0.2, -0.15) is 4.98 Å². The summed E-state index contributed by atoms with van der Waals surface area (Å²) in [6.45, 7) is 2.24. The van der Waals surface area contributed by atoms with Crippen LogP contribution in [0.4, 0.5) is 11.8 Å². The van der Waals surface area contributed by atoms with Crippen LogP contribution in [0.2, 0.25) is 0 Å². The van der Waals surface area contributed by atoms with Crippen molar-refractivity contribution in [2.75, 3.05) is 30.4 Å². The van der Waals surface area contributed by atoms with Crippen molar-refractivity contribution in [3.8, 4) is 0 Å². The van der Waals surface area contributed by atoms with Gasteiger partial charge in [-0.1, -0.05) is 0 Å². The Kier molecular flexibility index (Phi) is 5.71. The predicted molar refractivity (Wildman–Crippen MR) is 95.0 cm³/mol. The van der Waals surface area contributed by atoms with Crippen LogP contribution >= 0.6 is 0 Å². The molecule has 0 aromatic carbocycles. The molecule has 25 heavy (non-hydrogen) atoms. The third kappa shape index (κ3) is 4.85. The van der Waals surface area contributed by atoms with Crippen molar-refractivity contribution < 1.29 is 4.79 Å². The van der Waals surface area contributed by atoms with Gasteiger partial charge in [-0.05, 0) is 24.8 Å². The molecule has 8 nitrogen and oxygen atoms in total. The van der Waals surface area contributed by atoms with Crippen LogP contribution in [0.1, 0.15) is 25.0 Å². The number of hydrogen-bond acceptors (Lipinski definition) is 7. The average molecular weight is 341 g/mol. The first-order valence-electron chi connectivity index (χ1n) is 8.52.